The van der Waals surface area contributed by atoms with Gasteiger partial charge in [0.15, 0.2) is 11.5 Å². The van der Waals surface area contributed by atoms with Crippen molar-refractivity contribution in [3.05, 3.63) is 80.3 Å². The molecule has 0 saturated carbocycles. The lowest BCUT2D eigenvalue weighted by Crippen LogP contribution is -2.49. The van der Waals surface area contributed by atoms with Crippen molar-refractivity contribution in [3.8, 4) is 17.2 Å². The smallest absolute Gasteiger partial charge is 0.297 e. The van der Waals surface area contributed by atoms with Crippen LogP contribution in [-0.4, -0.2) is 60.3 Å². The second-order valence-electron chi connectivity index (χ2n) is 9.46. The zero-order chi connectivity index (χ0) is 29.9. The first-order valence-electron chi connectivity index (χ1n) is 12.8. The Morgan fingerprint density at radius 3 is 2.20 bits per heavy atom. The average molecular weight is 643 g/mol. The third kappa shape index (κ3) is 6.10. The summed E-state index contributed by atoms with van der Waals surface area (Å²) in [6.07, 6.45) is 1.05. The summed E-state index contributed by atoms with van der Waals surface area (Å²) in [4.78, 5) is 15.7. The summed E-state index contributed by atoms with van der Waals surface area (Å²) in [5.74, 6) is 0.732. The molecule has 41 heavy (non-hydrogen) atoms. The molecule has 0 radical (unpaired) electrons. The second-order valence-corrected chi connectivity index (χ2v) is 12.3. The quantitative estimate of drug-likeness (QED) is 0.242. The molecule has 0 bridgehead atoms. The van der Waals surface area contributed by atoms with Crippen molar-refractivity contribution in [2.75, 3.05) is 41.0 Å². The van der Waals surface area contributed by atoms with E-state index in [9.17, 15) is 13.2 Å². The number of methoxy groups -OCH3 is 3. The maximum atomic E-state index is 14.0. The molecule has 1 fully saturated rings. The highest BCUT2D eigenvalue weighted by Crippen LogP contribution is 2.46. The summed E-state index contributed by atoms with van der Waals surface area (Å²) in [5.41, 5.74) is 0.383. The zero-order valence-corrected chi connectivity index (χ0v) is 26.1. The molecule has 220 valence electrons. The molecular weight excluding hydrogens is 613 g/mol. The Hall–Kier alpha value is -2.69. The fourth-order valence-electron chi connectivity index (χ4n) is 5.33. The topological polar surface area (TPSA) is 91.4 Å². The van der Waals surface area contributed by atoms with Gasteiger partial charge in [0.1, 0.15) is 0 Å². The van der Waals surface area contributed by atoms with Crippen LogP contribution in [0.5, 0.6) is 17.2 Å². The highest BCUT2D eigenvalue weighted by molar-refractivity contribution is 7.86. The molecule has 3 aromatic carbocycles. The van der Waals surface area contributed by atoms with Gasteiger partial charge >= 0.3 is 0 Å². The maximum absolute atomic E-state index is 14.0. The Bertz CT molecular complexity index is 1540. The van der Waals surface area contributed by atoms with Gasteiger partial charge in [-0.2, -0.15) is 8.42 Å². The number of likely N-dealkylation sites (tertiary alicyclic amines) is 1. The van der Waals surface area contributed by atoms with Crippen molar-refractivity contribution in [2.45, 2.75) is 30.1 Å². The van der Waals surface area contributed by atoms with Crippen molar-refractivity contribution in [1.29, 1.82) is 0 Å². The van der Waals surface area contributed by atoms with Gasteiger partial charge in [0, 0.05) is 29.1 Å². The van der Waals surface area contributed by atoms with Crippen LogP contribution in [0.1, 0.15) is 41.3 Å². The molecular formula is C29H30Cl3NO7S. The van der Waals surface area contributed by atoms with Gasteiger partial charge in [-0.3, -0.25) is 8.98 Å². The van der Waals surface area contributed by atoms with Crippen LogP contribution in [0.4, 0.5) is 0 Å². The van der Waals surface area contributed by atoms with Crippen LogP contribution in [0.2, 0.25) is 15.1 Å². The van der Waals surface area contributed by atoms with Gasteiger partial charge in [-0.1, -0.05) is 40.9 Å². The van der Waals surface area contributed by atoms with E-state index >= 15 is 0 Å². The molecule has 4 rings (SSSR count). The lowest BCUT2D eigenvalue weighted by atomic mass is 9.69. The SMILES string of the molecule is CCOS(=O)(=O)c1ccc(Cl)cc1C1(c2ccc(Cl)c(Cl)c2)CCCN(C(=O)c2cc(OC)c(OC)c(OC)c2)C1. The molecule has 8 nitrogen and oxygen atoms in total. The third-order valence-corrected chi connectivity index (χ3v) is 9.58. The van der Waals surface area contributed by atoms with Crippen LogP contribution >= 0.6 is 34.8 Å². The normalized spacial score (nSPS) is 17.3. The minimum atomic E-state index is -4.16. The average Bonchev–Trinajstić information content (AvgIpc) is 2.97. The number of amides is 1. The van der Waals surface area contributed by atoms with Crippen molar-refractivity contribution in [2.24, 2.45) is 0 Å². The van der Waals surface area contributed by atoms with Crippen LogP contribution < -0.4 is 14.2 Å². The molecule has 0 aromatic heterocycles. The monoisotopic (exact) mass is 641 g/mol. The van der Waals surface area contributed by atoms with E-state index in [1.807, 2.05) is 0 Å². The maximum Gasteiger partial charge on any atom is 0.297 e. The lowest BCUT2D eigenvalue weighted by Gasteiger charge is -2.44. The number of carbonyl (C=O) groups is 1. The van der Waals surface area contributed by atoms with Gasteiger partial charge in [-0.05, 0) is 73.4 Å². The van der Waals surface area contributed by atoms with E-state index in [1.54, 1.807) is 48.2 Å². The molecule has 12 heteroatoms. The minimum Gasteiger partial charge on any atom is -0.493 e. The summed E-state index contributed by atoms with van der Waals surface area (Å²) < 4.78 is 48.1. The van der Waals surface area contributed by atoms with Crippen molar-refractivity contribution in [3.63, 3.8) is 0 Å². The van der Waals surface area contributed by atoms with Gasteiger partial charge in [0.25, 0.3) is 16.0 Å². The predicted octanol–water partition coefficient (Wildman–Crippen LogP) is 6.62. The van der Waals surface area contributed by atoms with E-state index in [0.29, 0.717) is 68.4 Å². The van der Waals surface area contributed by atoms with Crippen molar-refractivity contribution < 1.29 is 31.6 Å². The largest absolute Gasteiger partial charge is 0.493 e. The van der Waals surface area contributed by atoms with E-state index in [1.165, 1.54) is 33.5 Å². The standard InChI is InChI=1S/C29H30Cl3NO7S/c1-5-40-41(35,36)26-10-8-20(30)16-21(26)29(19-7-9-22(31)23(32)15-19)11-6-12-33(17-29)28(34)18-13-24(37-2)27(39-4)25(14-18)38-3/h7-10,13-16H,5-6,11-12,17H2,1-4H3. The number of carbonyl (C=O) groups excluding carboxylic acids is 1. The molecule has 3 aromatic rings. The van der Waals surface area contributed by atoms with Crippen LogP contribution in [0.15, 0.2) is 53.4 Å². The molecule has 1 aliphatic rings. The van der Waals surface area contributed by atoms with Gasteiger partial charge < -0.3 is 19.1 Å². The highest BCUT2D eigenvalue weighted by atomic mass is 35.5. The number of halogens is 3. The second kappa shape index (κ2) is 12.7. The van der Waals surface area contributed by atoms with E-state index in [-0.39, 0.29) is 24.0 Å². The van der Waals surface area contributed by atoms with Crippen molar-refractivity contribution >= 4 is 50.8 Å². The van der Waals surface area contributed by atoms with Crippen LogP contribution in [0.3, 0.4) is 0 Å². The number of ether oxygens (including phenoxy) is 3. The summed E-state index contributed by atoms with van der Waals surface area (Å²) in [5, 5.41) is 0.982. The van der Waals surface area contributed by atoms with Gasteiger partial charge in [0.2, 0.25) is 5.75 Å². The molecule has 1 atom stereocenters. The first-order valence-corrected chi connectivity index (χ1v) is 15.3. The molecule has 0 spiro atoms. The molecule has 1 heterocycles. The first kappa shape index (κ1) is 31.3. The first-order chi connectivity index (χ1) is 19.5. The van der Waals surface area contributed by atoms with E-state index < -0.39 is 15.5 Å². The molecule has 1 aliphatic heterocycles. The fraction of sp³-hybridized carbons (Fsp3) is 0.345. The Balaban J connectivity index is 1.91. The van der Waals surface area contributed by atoms with Crippen LogP contribution in [0, 0.1) is 0 Å². The summed E-state index contributed by atoms with van der Waals surface area (Å²) in [6.45, 7) is 2.10. The van der Waals surface area contributed by atoms with E-state index in [2.05, 4.69) is 0 Å². The Morgan fingerprint density at radius 2 is 1.61 bits per heavy atom. The molecule has 1 saturated heterocycles. The summed E-state index contributed by atoms with van der Waals surface area (Å²) in [7, 11) is 0.275. The summed E-state index contributed by atoms with van der Waals surface area (Å²) >= 11 is 19.2. The number of hydrogen-bond acceptors (Lipinski definition) is 7. The Kier molecular flexibility index (Phi) is 9.66. The predicted molar refractivity (Wildman–Crippen MR) is 159 cm³/mol. The van der Waals surface area contributed by atoms with Gasteiger partial charge in [-0.15, -0.1) is 0 Å². The van der Waals surface area contributed by atoms with Gasteiger partial charge in [0.05, 0.1) is 42.9 Å². The molecule has 0 aliphatic carbocycles. The van der Waals surface area contributed by atoms with Crippen molar-refractivity contribution in [1.82, 2.24) is 4.90 Å². The van der Waals surface area contributed by atoms with Crippen LogP contribution in [-0.2, 0) is 19.7 Å². The fourth-order valence-corrected chi connectivity index (χ4v) is 7.00. The molecule has 0 N–H and O–H groups in total. The molecule has 1 amide bonds. The van der Waals surface area contributed by atoms with E-state index in [4.69, 9.17) is 53.2 Å². The zero-order valence-electron chi connectivity index (χ0n) is 23.0. The van der Waals surface area contributed by atoms with E-state index in [0.717, 1.165) is 0 Å². The van der Waals surface area contributed by atoms with Gasteiger partial charge in [-0.25, -0.2) is 0 Å². The Labute approximate surface area is 255 Å². The summed E-state index contributed by atoms with van der Waals surface area (Å²) in [6, 6.07) is 12.9. The lowest BCUT2D eigenvalue weighted by molar-refractivity contribution is 0.0664. The third-order valence-electron chi connectivity index (χ3n) is 7.16. The number of hydrogen-bond donors (Lipinski definition) is 0. The van der Waals surface area contributed by atoms with Crippen LogP contribution in [0.25, 0.3) is 0 Å². The number of piperidine rings is 1. The Morgan fingerprint density at radius 1 is 0.927 bits per heavy atom. The highest BCUT2D eigenvalue weighted by Gasteiger charge is 2.44. The molecule has 1 unspecified atom stereocenters. The number of nitrogens with zero attached hydrogens (tertiary/aromatic N) is 1. The minimum absolute atomic E-state index is 0.0306. The number of rotatable bonds is 9. The number of benzene rings is 3.